The second-order valence-corrected chi connectivity index (χ2v) is 5.77. The molecule has 0 aliphatic heterocycles. The fraction of sp³-hybridized carbons (Fsp3) is 0.923. The SMILES string of the molecule is CCC(O)(CC)CNC(=O)CCC(C)(C)C. The molecule has 0 fully saturated rings. The predicted octanol–water partition coefficient (Wildman–Crippen LogP) is 2.48. The maximum absolute atomic E-state index is 11.5. The van der Waals surface area contributed by atoms with Crippen LogP contribution in [0, 0.1) is 5.41 Å². The van der Waals surface area contributed by atoms with Crippen molar-refractivity contribution >= 4 is 5.91 Å². The smallest absolute Gasteiger partial charge is 0.220 e. The van der Waals surface area contributed by atoms with E-state index < -0.39 is 5.60 Å². The monoisotopic (exact) mass is 229 g/mol. The third-order valence-corrected chi connectivity index (χ3v) is 3.03. The van der Waals surface area contributed by atoms with E-state index in [1.54, 1.807) is 0 Å². The van der Waals surface area contributed by atoms with Crippen LogP contribution in [-0.2, 0) is 4.79 Å². The largest absolute Gasteiger partial charge is 0.388 e. The number of hydrogen-bond acceptors (Lipinski definition) is 2. The Morgan fingerprint density at radius 2 is 1.69 bits per heavy atom. The van der Waals surface area contributed by atoms with Crippen molar-refractivity contribution in [1.29, 1.82) is 0 Å². The van der Waals surface area contributed by atoms with Crippen molar-refractivity contribution < 1.29 is 9.90 Å². The summed E-state index contributed by atoms with van der Waals surface area (Å²) in [5.74, 6) is 0.0373. The average Bonchev–Trinajstić information content (AvgIpc) is 2.22. The summed E-state index contributed by atoms with van der Waals surface area (Å²) < 4.78 is 0. The molecule has 0 saturated heterocycles. The van der Waals surface area contributed by atoms with Gasteiger partial charge in [-0.05, 0) is 24.7 Å². The van der Waals surface area contributed by atoms with E-state index >= 15 is 0 Å². The van der Waals surface area contributed by atoms with Crippen LogP contribution in [0.2, 0.25) is 0 Å². The molecule has 0 rings (SSSR count). The molecule has 96 valence electrons. The van der Waals surface area contributed by atoms with Crippen LogP contribution in [0.5, 0.6) is 0 Å². The van der Waals surface area contributed by atoms with Crippen molar-refractivity contribution in [2.75, 3.05) is 6.54 Å². The lowest BCUT2D eigenvalue weighted by Gasteiger charge is -2.25. The fourth-order valence-corrected chi connectivity index (χ4v) is 1.34. The summed E-state index contributed by atoms with van der Waals surface area (Å²) in [4.78, 5) is 11.5. The number of carbonyl (C=O) groups excluding carboxylic acids is 1. The van der Waals surface area contributed by atoms with Crippen molar-refractivity contribution in [3.63, 3.8) is 0 Å². The number of rotatable bonds is 6. The molecule has 0 bridgehead atoms. The average molecular weight is 229 g/mol. The van der Waals surface area contributed by atoms with Crippen LogP contribution in [0.25, 0.3) is 0 Å². The molecular formula is C13H27NO2. The molecule has 3 nitrogen and oxygen atoms in total. The zero-order valence-electron chi connectivity index (χ0n) is 11.4. The maximum Gasteiger partial charge on any atom is 0.220 e. The highest BCUT2D eigenvalue weighted by molar-refractivity contribution is 5.75. The van der Waals surface area contributed by atoms with Gasteiger partial charge in [0.1, 0.15) is 0 Å². The molecule has 0 aliphatic rings. The van der Waals surface area contributed by atoms with Gasteiger partial charge in [-0.1, -0.05) is 34.6 Å². The van der Waals surface area contributed by atoms with Gasteiger partial charge in [0.2, 0.25) is 5.91 Å². The van der Waals surface area contributed by atoms with Gasteiger partial charge < -0.3 is 10.4 Å². The van der Waals surface area contributed by atoms with Crippen LogP contribution >= 0.6 is 0 Å². The summed E-state index contributed by atoms with van der Waals surface area (Å²) >= 11 is 0. The molecule has 0 radical (unpaired) electrons. The molecule has 0 heterocycles. The third-order valence-electron chi connectivity index (χ3n) is 3.03. The van der Waals surface area contributed by atoms with Gasteiger partial charge in [0.25, 0.3) is 0 Å². The first-order valence-corrected chi connectivity index (χ1v) is 6.21. The zero-order chi connectivity index (χ0) is 12.8. The quantitative estimate of drug-likeness (QED) is 0.735. The molecule has 16 heavy (non-hydrogen) atoms. The van der Waals surface area contributed by atoms with Crippen LogP contribution in [-0.4, -0.2) is 23.2 Å². The Morgan fingerprint density at radius 3 is 2.06 bits per heavy atom. The standard InChI is InChI=1S/C13H27NO2/c1-6-13(16,7-2)10-14-11(15)8-9-12(3,4)5/h16H,6-10H2,1-5H3,(H,14,15). The second kappa shape index (κ2) is 6.24. The summed E-state index contributed by atoms with van der Waals surface area (Å²) in [6, 6.07) is 0. The minimum absolute atomic E-state index is 0.0373. The molecule has 0 saturated carbocycles. The summed E-state index contributed by atoms with van der Waals surface area (Å²) in [5.41, 5.74) is -0.555. The van der Waals surface area contributed by atoms with E-state index in [4.69, 9.17) is 0 Å². The highest BCUT2D eigenvalue weighted by atomic mass is 16.3. The number of aliphatic hydroxyl groups is 1. The lowest BCUT2D eigenvalue weighted by Crippen LogP contribution is -2.42. The Hall–Kier alpha value is -0.570. The van der Waals surface area contributed by atoms with Gasteiger partial charge in [-0.25, -0.2) is 0 Å². The van der Waals surface area contributed by atoms with E-state index in [-0.39, 0.29) is 11.3 Å². The van der Waals surface area contributed by atoms with E-state index in [2.05, 4.69) is 26.1 Å². The number of nitrogens with one attached hydrogen (secondary N) is 1. The van der Waals surface area contributed by atoms with Crippen molar-refractivity contribution in [3.8, 4) is 0 Å². The second-order valence-electron chi connectivity index (χ2n) is 5.77. The molecule has 1 amide bonds. The van der Waals surface area contributed by atoms with Gasteiger partial charge in [0, 0.05) is 13.0 Å². The summed E-state index contributed by atoms with van der Waals surface area (Å²) in [6.07, 6.45) is 2.74. The Kier molecular flexibility index (Phi) is 6.01. The lowest BCUT2D eigenvalue weighted by atomic mass is 9.90. The van der Waals surface area contributed by atoms with Crippen LogP contribution in [0.4, 0.5) is 0 Å². The Labute approximate surface area is 99.6 Å². The van der Waals surface area contributed by atoms with Gasteiger partial charge in [0.05, 0.1) is 5.60 Å². The van der Waals surface area contributed by atoms with Crippen LogP contribution in [0.1, 0.15) is 60.3 Å². The molecule has 0 aliphatic carbocycles. The minimum Gasteiger partial charge on any atom is -0.388 e. The lowest BCUT2D eigenvalue weighted by molar-refractivity contribution is -0.123. The van der Waals surface area contributed by atoms with E-state index in [9.17, 15) is 9.90 Å². The molecule has 0 aromatic rings. The van der Waals surface area contributed by atoms with Gasteiger partial charge in [-0.2, -0.15) is 0 Å². The first-order valence-electron chi connectivity index (χ1n) is 6.21. The fourth-order valence-electron chi connectivity index (χ4n) is 1.34. The van der Waals surface area contributed by atoms with Gasteiger partial charge in [-0.15, -0.1) is 0 Å². The number of hydrogen-bond donors (Lipinski definition) is 2. The molecule has 0 aromatic heterocycles. The molecule has 0 spiro atoms. The van der Waals surface area contributed by atoms with Crippen molar-refractivity contribution in [1.82, 2.24) is 5.32 Å². The van der Waals surface area contributed by atoms with Gasteiger partial charge >= 0.3 is 0 Å². The van der Waals surface area contributed by atoms with E-state index in [0.29, 0.717) is 25.8 Å². The molecule has 0 aromatic carbocycles. The van der Waals surface area contributed by atoms with Gasteiger partial charge in [0.15, 0.2) is 0 Å². The van der Waals surface area contributed by atoms with Crippen LogP contribution in [0.15, 0.2) is 0 Å². The molecule has 0 unspecified atom stereocenters. The summed E-state index contributed by atoms with van der Waals surface area (Å²) in [6.45, 7) is 10.6. The zero-order valence-corrected chi connectivity index (χ0v) is 11.4. The van der Waals surface area contributed by atoms with E-state index in [1.807, 2.05) is 13.8 Å². The number of amides is 1. The topological polar surface area (TPSA) is 49.3 Å². The van der Waals surface area contributed by atoms with E-state index in [1.165, 1.54) is 0 Å². The highest BCUT2D eigenvalue weighted by Gasteiger charge is 2.23. The van der Waals surface area contributed by atoms with Crippen molar-refractivity contribution in [2.24, 2.45) is 5.41 Å². The first kappa shape index (κ1) is 15.4. The summed E-state index contributed by atoms with van der Waals surface area (Å²) in [5, 5.41) is 12.8. The van der Waals surface area contributed by atoms with Crippen molar-refractivity contribution in [2.45, 2.75) is 65.9 Å². The maximum atomic E-state index is 11.5. The van der Waals surface area contributed by atoms with Crippen LogP contribution in [0.3, 0.4) is 0 Å². The highest BCUT2D eigenvalue weighted by Crippen LogP contribution is 2.20. The van der Waals surface area contributed by atoms with Gasteiger partial charge in [-0.3, -0.25) is 4.79 Å². The van der Waals surface area contributed by atoms with E-state index in [0.717, 1.165) is 6.42 Å². The minimum atomic E-state index is -0.739. The Balaban J connectivity index is 3.90. The van der Waals surface area contributed by atoms with Crippen LogP contribution < -0.4 is 5.32 Å². The predicted molar refractivity (Wildman–Crippen MR) is 67.2 cm³/mol. The molecule has 2 N–H and O–H groups in total. The normalized spacial score (nSPS) is 12.6. The third kappa shape index (κ3) is 6.83. The first-order chi connectivity index (χ1) is 7.22. The van der Waals surface area contributed by atoms with Crippen molar-refractivity contribution in [3.05, 3.63) is 0 Å². The molecular weight excluding hydrogens is 202 g/mol. The number of carbonyl (C=O) groups is 1. The Morgan fingerprint density at radius 1 is 1.19 bits per heavy atom. The molecule has 0 atom stereocenters. The molecule has 3 heteroatoms. The Bertz CT molecular complexity index is 214. The summed E-state index contributed by atoms with van der Waals surface area (Å²) in [7, 11) is 0.